The van der Waals surface area contributed by atoms with Crippen molar-refractivity contribution in [1.29, 1.82) is 0 Å². The van der Waals surface area contributed by atoms with E-state index in [4.69, 9.17) is 9.72 Å². The van der Waals surface area contributed by atoms with Crippen LogP contribution >= 0.6 is 0 Å². The van der Waals surface area contributed by atoms with E-state index >= 15 is 0 Å². The summed E-state index contributed by atoms with van der Waals surface area (Å²) < 4.78 is 20.7. The highest BCUT2D eigenvalue weighted by molar-refractivity contribution is 5.74. The van der Waals surface area contributed by atoms with Gasteiger partial charge in [-0.1, -0.05) is 0 Å². The van der Waals surface area contributed by atoms with Crippen molar-refractivity contribution >= 4 is 29.0 Å². The van der Waals surface area contributed by atoms with Gasteiger partial charge in [-0.25, -0.2) is 14.1 Å². The molecule has 2 N–H and O–H groups in total. The molecule has 2 aromatic carbocycles. The first kappa shape index (κ1) is 20.7. The summed E-state index contributed by atoms with van der Waals surface area (Å²) in [4.78, 5) is 15.7. The highest BCUT2D eigenvalue weighted by atomic mass is 19.1. The molecular formula is C23H23FN8O. The molecule has 0 atom stereocenters. The number of rotatable bonds is 6. The largest absolute Gasteiger partial charge is 0.494 e. The molecule has 0 saturated heterocycles. The highest BCUT2D eigenvalue weighted by Gasteiger charge is 2.26. The predicted molar refractivity (Wildman–Crippen MR) is 125 cm³/mol. The Morgan fingerprint density at radius 1 is 1.09 bits per heavy atom. The number of aryl methyl sites for hydroxylation is 1. The van der Waals surface area contributed by atoms with Crippen LogP contribution < -0.4 is 20.3 Å². The lowest BCUT2D eigenvalue weighted by Gasteiger charge is -2.20. The molecule has 0 fully saturated rings. The Labute approximate surface area is 190 Å². The number of hydrogen-bond donors (Lipinski definition) is 2. The number of anilines is 5. The molecule has 0 radical (unpaired) electrons. The van der Waals surface area contributed by atoms with Gasteiger partial charge in [0.05, 0.1) is 7.11 Å². The molecule has 0 spiro atoms. The minimum absolute atomic E-state index is 0.266. The van der Waals surface area contributed by atoms with Crippen LogP contribution in [0.25, 0.3) is 5.69 Å². The standard InChI is InChI=1S/C23H23FN8O/c1-14-26-13-32(30-14)19-9-6-16(12-20(19)33-3)27-23-28-21(25-2)18-10-11-31(22(18)29-23)17-7-4-15(24)5-8-17/h4-9,12-13H,10-11H2,1-3H3,(H2,25,27,28,29). The van der Waals surface area contributed by atoms with Crippen LogP contribution in [0.3, 0.4) is 0 Å². The van der Waals surface area contributed by atoms with Gasteiger partial charge >= 0.3 is 0 Å². The minimum Gasteiger partial charge on any atom is -0.494 e. The first-order valence-electron chi connectivity index (χ1n) is 10.5. The number of fused-ring (bicyclic) bond motifs is 1. The third kappa shape index (κ3) is 3.91. The monoisotopic (exact) mass is 446 g/mol. The van der Waals surface area contributed by atoms with Gasteiger partial charge in [0.1, 0.15) is 41.0 Å². The van der Waals surface area contributed by atoms with Crippen molar-refractivity contribution in [1.82, 2.24) is 24.7 Å². The van der Waals surface area contributed by atoms with Gasteiger partial charge in [0, 0.05) is 36.6 Å². The lowest BCUT2D eigenvalue weighted by Crippen LogP contribution is -2.15. The predicted octanol–water partition coefficient (Wildman–Crippen LogP) is 3.99. The van der Waals surface area contributed by atoms with Crippen molar-refractivity contribution in [3.05, 3.63) is 66.0 Å². The highest BCUT2D eigenvalue weighted by Crippen LogP contribution is 2.37. The Morgan fingerprint density at radius 3 is 2.61 bits per heavy atom. The molecule has 5 rings (SSSR count). The fourth-order valence-corrected chi connectivity index (χ4v) is 3.93. The summed E-state index contributed by atoms with van der Waals surface area (Å²) in [5.74, 6) is 3.04. The Kier molecular flexibility index (Phi) is 5.25. The number of nitrogens with one attached hydrogen (secondary N) is 2. The van der Waals surface area contributed by atoms with Crippen LogP contribution in [0, 0.1) is 12.7 Å². The van der Waals surface area contributed by atoms with Gasteiger partial charge in [0.2, 0.25) is 5.95 Å². The zero-order valence-corrected chi connectivity index (χ0v) is 18.5. The Morgan fingerprint density at radius 2 is 1.91 bits per heavy atom. The number of nitrogens with zero attached hydrogens (tertiary/aromatic N) is 6. The van der Waals surface area contributed by atoms with E-state index in [0.29, 0.717) is 17.5 Å². The smallest absolute Gasteiger partial charge is 0.231 e. The summed E-state index contributed by atoms with van der Waals surface area (Å²) in [6.07, 6.45) is 2.44. The Bertz CT molecular complexity index is 1300. The van der Waals surface area contributed by atoms with Crippen molar-refractivity contribution in [2.45, 2.75) is 13.3 Å². The van der Waals surface area contributed by atoms with Crippen molar-refractivity contribution in [3.8, 4) is 11.4 Å². The third-order valence-electron chi connectivity index (χ3n) is 5.49. The van der Waals surface area contributed by atoms with Crippen LogP contribution in [0.4, 0.5) is 33.3 Å². The molecule has 33 heavy (non-hydrogen) atoms. The number of benzene rings is 2. The van der Waals surface area contributed by atoms with Gasteiger partial charge in [0.15, 0.2) is 0 Å². The van der Waals surface area contributed by atoms with E-state index in [-0.39, 0.29) is 5.82 Å². The molecule has 3 heterocycles. The van der Waals surface area contributed by atoms with Crippen molar-refractivity contribution in [2.75, 3.05) is 36.2 Å². The second-order valence-electron chi connectivity index (χ2n) is 7.57. The van der Waals surface area contributed by atoms with Crippen LogP contribution in [0.2, 0.25) is 0 Å². The van der Waals surface area contributed by atoms with Crippen LogP contribution in [0.1, 0.15) is 11.4 Å². The van der Waals surface area contributed by atoms with E-state index in [1.54, 1.807) is 30.3 Å². The van der Waals surface area contributed by atoms with E-state index in [0.717, 1.165) is 47.2 Å². The average molecular weight is 446 g/mol. The van der Waals surface area contributed by atoms with Crippen LogP contribution in [-0.2, 0) is 6.42 Å². The fraction of sp³-hybridized carbons (Fsp3) is 0.217. The Balaban J connectivity index is 1.48. The fourth-order valence-electron chi connectivity index (χ4n) is 3.93. The molecule has 0 saturated carbocycles. The van der Waals surface area contributed by atoms with E-state index in [9.17, 15) is 4.39 Å². The van der Waals surface area contributed by atoms with Crippen LogP contribution in [-0.4, -0.2) is 45.4 Å². The summed E-state index contributed by atoms with van der Waals surface area (Å²) in [6.45, 7) is 2.58. The lowest BCUT2D eigenvalue weighted by molar-refractivity contribution is 0.412. The first-order valence-corrected chi connectivity index (χ1v) is 10.5. The second-order valence-corrected chi connectivity index (χ2v) is 7.57. The van der Waals surface area contributed by atoms with Crippen molar-refractivity contribution in [2.24, 2.45) is 0 Å². The number of hydrogen-bond acceptors (Lipinski definition) is 8. The molecule has 4 aromatic rings. The molecular weight excluding hydrogens is 423 g/mol. The number of methoxy groups -OCH3 is 1. The van der Waals surface area contributed by atoms with E-state index < -0.39 is 0 Å². The number of aromatic nitrogens is 5. The van der Waals surface area contributed by atoms with Gasteiger partial charge in [-0.15, -0.1) is 0 Å². The second kappa shape index (κ2) is 8.38. The average Bonchev–Trinajstić information content (AvgIpc) is 3.45. The van der Waals surface area contributed by atoms with Crippen LogP contribution in [0.5, 0.6) is 5.75 Å². The van der Waals surface area contributed by atoms with Crippen LogP contribution in [0.15, 0.2) is 48.8 Å². The molecule has 0 aliphatic carbocycles. The molecule has 2 aromatic heterocycles. The van der Waals surface area contributed by atoms with Gasteiger partial charge in [0.25, 0.3) is 0 Å². The molecule has 0 amide bonds. The first-order chi connectivity index (χ1) is 16.1. The van der Waals surface area contributed by atoms with Gasteiger partial charge in [-0.2, -0.15) is 15.1 Å². The van der Waals surface area contributed by atoms with E-state index in [2.05, 4.69) is 30.6 Å². The Hall–Kier alpha value is -4.21. The normalized spacial score (nSPS) is 12.5. The SMILES string of the molecule is CNc1nc(Nc2ccc(-n3cnc(C)n3)c(OC)c2)nc2c1CCN2c1ccc(F)cc1. The molecule has 10 heteroatoms. The lowest BCUT2D eigenvalue weighted by atomic mass is 10.2. The number of halogens is 1. The summed E-state index contributed by atoms with van der Waals surface area (Å²) in [6, 6.07) is 12.1. The molecule has 0 bridgehead atoms. The zero-order chi connectivity index (χ0) is 22.9. The zero-order valence-electron chi connectivity index (χ0n) is 18.5. The third-order valence-corrected chi connectivity index (χ3v) is 5.49. The van der Waals surface area contributed by atoms with E-state index in [1.165, 1.54) is 12.1 Å². The minimum atomic E-state index is -0.266. The maximum atomic E-state index is 13.4. The summed E-state index contributed by atoms with van der Waals surface area (Å²) in [7, 11) is 3.45. The summed E-state index contributed by atoms with van der Waals surface area (Å²) >= 11 is 0. The van der Waals surface area contributed by atoms with Crippen molar-refractivity contribution in [3.63, 3.8) is 0 Å². The molecule has 0 unspecified atom stereocenters. The van der Waals surface area contributed by atoms with Gasteiger partial charge in [-0.05, 0) is 49.7 Å². The van der Waals surface area contributed by atoms with Crippen molar-refractivity contribution < 1.29 is 9.13 Å². The summed E-state index contributed by atoms with van der Waals surface area (Å²) in [5, 5.41) is 10.8. The summed E-state index contributed by atoms with van der Waals surface area (Å²) in [5.41, 5.74) is 3.45. The van der Waals surface area contributed by atoms with E-state index in [1.807, 2.05) is 32.2 Å². The molecule has 1 aliphatic heterocycles. The topological polar surface area (TPSA) is 93.0 Å². The quantitative estimate of drug-likeness (QED) is 0.459. The van der Waals surface area contributed by atoms with Gasteiger partial charge < -0.3 is 20.3 Å². The van der Waals surface area contributed by atoms with Gasteiger partial charge in [-0.3, -0.25) is 0 Å². The molecule has 9 nitrogen and oxygen atoms in total. The molecule has 168 valence electrons. The maximum absolute atomic E-state index is 13.4. The molecule has 1 aliphatic rings. The number of ether oxygens (including phenoxy) is 1. The maximum Gasteiger partial charge on any atom is 0.231 e.